The molecule has 194 valence electrons. The molecule has 3 aromatic rings. The molecule has 2 N–H and O–H groups in total. The van der Waals surface area contributed by atoms with Crippen LogP contribution in [0.5, 0.6) is 5.75 Å². The number of carbonyl (C=O) groups is 1. The molecular formula is C28H33ClN6O2. The predicted molar refractivity (Wildman–Crippen MR) is 150 cm³/mol. The van der Waals surface area contributed by atoms with Gasteiger partial charge in [0.15, 0.2) is 11.6 Å². The van der Waals surface area contributed by atoms with E-state index in [1.807, 2.05) is 43.3 Å². The molecule has 0 aliphatic carbocycles. The molecule has 0 saturated carbocycles. The molecule has 8 nitrogen and oxygen atoms in total. The minimum Gasteiger partial charge on any atom is -0.494 e. The van der Waals surface area contributed by atoms with Gasteiger partial charge in [0.2, 0.25) is 5.95 Å². The molecule has 0 spiro atoms. The van der Waals surface area contributed by atoms with E-state index in [1.54, 1.807) is 13.3 Å². The summed E-state index contributed by atoms with van der Waals surface area (Å²) in [5, 5.41) is 7.03. The Hall–Kier alpha value is -3.62. The minimum atomic E-state index is -0.101. The highest BCUT2D eigenvalue weighted by Crippen LogP contribution is 2.33. The Morgan fingerprint density at radius 2 is 2.00 bits per heavy atom. The van der Waals surface area contributed by atoms with E-state index in [0.29, 0.717) is 29.0 Å². The largest absolute Gasteiger partial charge is 0.494 e. The quantitative estimate of drug-likeness (QED) is 0.357. The lowest BCUT2D eigenvalue weighted by molar-refractivity contribution is -0.114. The number of methoxy groups -OCH3 is 1. The first kappa shape index (κ1) is 26.4. The number of nitrogens with one attached hydrogen (secondary N) is 2. The summed E-state index contributed by atoms with van der Waals surface area (Å²) in [6, 6.07) is 13.9. The number of allylic oxidation sites excluding steroid dienone is 1. The topological polar surface area (TPSA) is 82.6 Å². The maximum Gasteiger partial charge on any atom is 0.229 e. The summed E-state index contributed by atoms with van der Waals surface area (Å²) in [5.74, 6) is 1.60. The number of likely N-dealkylation sites (N-methyl/N-ethyl adjacent to an activating group) is 1. The molecule has 1 aliphatic rings. The molecule has 1 atom stereocenters. The number of benzene rings is 2. The van der Waals surface area contributed by atoms with E-state index in [0.717, 1.165) is 48.7 Å². The molecular weight excluding hydrogens is 488 g/mol. The summed E-state index contributed by atoms with van der Waals surface area (Å²) >= 11 is 6.42. The maximum absolute atomic E-state index is 11.8. The fourth-order valence-electron chi connectivity index (χ4n) is 4.23. The Balaban J connectivity index is 1.48. The first-order valence-electron chi connectivity index (χ1n) is 12.3. The van der Waals surface area contributed by atoms with Crippen molar-refractivity contribution < 1.29 is 9.53 Å². The van der Waals surface area contributed by atoms with E-state index >= 15 is 0 Å². The van der Waals surface area contributed by atoms with Crippen molar-refractivity contribution >= 4 is 40.5 Å². The van der Waals surface area contributed by atoms with Crippen LogP contribution in [0.4, 0.5) is 23.1 Å². The van der Waals surface area contributed by atoms with E-state index in [2.05, 4.69) is 50.1 Å². The summed E-state index contributed by atoms with van der Waals surface area (Å²) < 4.78 is 5.67. The zero-order valence-corrected chi connectivity index (χ0v) is 22.3. The zero-order chi connectivity index (χ0) is 26.4. The van der Waals surface area contributed by atoms with E-state index < -0.39 is 0 Å². The molecule has 0 amide bonds. The van der Waals surface area contributed by atoms with Crippen molar-refractivity contribution in [2.75, 3.05) is 55.9 Å². The summed E-state index contributed by atoms with van der Waals surface area (Å²) in [7, 11) is 3.80. The van der Waals surface area contributed by atoms with Crippen molar-refractivity contribution in [2.45, 2.75) is 19.4 Å². The number of aromatic nitrogens is 2. The van der Waals surface area contributed by atoms with Gasteiger partial charge in [0.1, 0.15) is 10.8 Å². The van der Waals surface area contributed by atoms with Gasteiger partial charge in [-0.1, -0.05) is 42.4 Å². The molecule has 2 heterocycles. The van der Waals surface area contributed by atoms with Crippen LogP contribution in [-0.2, 0) is 11.2 Å². The second-order valence-corrected chi connectivity index (χ2v) is 9.56. The van der Waals surface area contributed by atoms with Crippen LogP contribution >= 0.6 is 11.6 Å². The molecule has 1 saturated heterocycles. The van der Waals surface area contributed by atoms with Crippen molar-refractivity contribution in [1.29, 1.82) is 0 Å². The molecule has 9 heteroatoms. The number of hydrogen-bond acceptors (Lipinski definition) is 8. The third kappa shape index (κ3) is 6.78. The second-order valence-electron chi connectivity index (χ2n) is 9.15. The number of carbonyl (C=O) groups excluding carboxylic acids is 1. The number of rotatable bonds is 10. The lowest BCUT2D eigenvalue weighted by Crippen LogP contribution is -2.44. The van der Waals surface area contributed by atoms with Crippen molar-refractivity contribution in [3.05, 3.63) is 77.5 Å². The fourth-order valence-corrected chi connectivity index (χ4v) is 4.37. The monoisotopic (exact) mass is 520 g/mol. The van der Waals surface area contributed by atoms with Crippen molar-refractivity contribution in [2.24, 2.45) is 0 Å². The average Bonchev–Trinajstić information content (AvgIpc) is 2.91. The van der Waals surface area contributed by atoms with Gasteiger partial charge >= 0.3 is 0 Å². The molecule has 1 fully saturated rings. The van der Waals surface area contributed by atoms with Crippen LogP contribution in [0.25, 0.3) is 0 Å². The van der Waals surface area contributed by atoms with Gasteiger partial charge in [-0.2, -0.15) is 4.98 Å². The normalized spacial score (nSPS) is 14.6. The van der Waals surface area contributed by atoms with Crippen molar-refractivity contribution in [3.63, 3.8) is 0 Å². The number of halogens is 1. The highest BCUT2D eigenvalue weighted by molar-refractivity contribution is 6.32. The average molecular weight is 521 g/mol. The van der Waals surface area contributed by atoms with Gasteiger partial charge in [-0.25, -0.2) is 4.98 Å². The summed E-state index contributed by atoms with van der Waals surface area (Å²) in [6.07, 6.45) is 3.23. The number of anilines is 4. The molecule has 4 rings (SSSR count). The van der Waals surface area contributed by atoms with Crippen LogP contribution in [0, 0.1) is 0 Å². The van der Waals surface area contributed by atoms with Crippen LogP contribution in [-0.4, -0.2) is 61.0 Å². The Morgan fingerprint density at radius 1 is 1.22 bits per heavy atom. The molecule has 0 radical (unpaired) electrons. The maximum atomic E-state index is 11.8. The minimum absolute atomic E-state index is 0.0145. The van der Waals surface area contributed by atoms with Crippen LogP contribution in [0.15, 0.2) is 61.3 Å². The second kappa shape index (κ2) is 12.1. The Bertz CT molecular complexity index is 1260. The smallest absolute Gasteiger partial charge is 0.229 e. The van der Waals surface area contributed by atoms with Crippen molar-refractivity contribution in [1.82, 2.24) is 14.9 Å². The fraction of sp³-hybridized carbons (Fsp3) is 0.321. The molecule has 37 heavy (non-hydrogen) atoms. The van der Waals surface area contributed by atoms with Gasteiger partial charge in [-0.15, -0.1) is 0 Å². The van der Waals surface area contributed by atoms with Gasteiger partial charge in [0, 0.05) is 44.4 Å². The first-order chi connectivity index (χ1) is 17.9. The van der Waals surface area contributed by atoms with E-state index in [1.165, 1.54) is 6.08 Å². The van der Waals surface area contributed by atoms with E-state index in [9.17, 15) is 4.79 Å². The molecule has 1 aromatic heterocycles. The Labute approximate surface area is 223 Å². The number of hydrogen-bond donors (Lipinski definition) is 2. The van der Waals surface area contributed by atoms with Gasteiger partial charge < -0.3 is 25.2 Å². The number of ketones is 1. The standard InChI is InChI=1S/C28H33ClN6O2/c1-5-23(36)16-20-7-6-8-21(15-20)19(2)31-27-24(29)18-30-28(33-27)32-25-10-9-22(17-26(25)37-4)35-13-11-34(3)12-14-35/h5-10,15,17-19H,1,11-14,16H2,2-4H3,(H2,30,31,32,33). The lowest BCUT2D eigenvalue weighted by Gasteiger charge is -2.34. The summed E-state index contributed by atoms with van der Waals surface area (Å²) in [6.45, 7) is 9.59. The van der Waals surface area contributed by atoms with Crippen LogP contribution < -0.4 is 20.3 Å². The third-order valence-electron chi connectivity index (χ3n) is 6.45. The lowest BCUT2D eigenvalue weighted by atomic mass is 10.0. The Kier molecular flexibility index (Phi) is 8.63. The summed E-state index contributed by atoms with van der Waals surface area (Å²) in [4.78, 5) is 25.4. The van der Waals surface area contributed by atoms with Gasteiger partial charge in [-0.05, 0) is 43.3 Å². The Morgan fingerprint density at radius 3 is 2.73 bits per heavy atom. The van der Waals surface area contributed by atoms with Gasteiger partial charge in [0.05, 0.1) is 25.0 Å². The predicted octanol–water partition coefficient (Wildman–Crippen LogP) is 5.10. The highest BCUT2D eigenvalue weighted by atomic mass is 35.5. The number of ether oxygens (including phenoxy) is 1. The van der Waals surface area contributed by atoms with Crippen LogP contribution in [0.2, 0.25) is 5.02 Å². The molecule has 1 aliphatic heterocycles. The SMILES string of the molecule is C=CC(=O)Cc1cccc(C(C)Nc2nc(Nc3ccc(N4CCN(C)CC4)cc3OC)ncc2Cl)c1. The van der Waals surface area contributed by atoms with E-state index in [-0.39, 0.29) is 11.8 Å². The van der Waals surface area contributed by atoms with Gasteiger partial charge in [0.25, 0.3) is 0 Å². The zero-order valence-electron chi connectivity index (χ0n) is 21.5. The van der Waals surface area contributed by atoms with Crippen LogP contribution in [0.3, 0.4) is 0 Å². The molecule has 0 bridgehead atoms. The van der Waals surface area contributed by atoms with E-state index in [4.69, 9.17) is 16.3 Å². The van der Waals surface area contributed by atoms with Crippen molar-refractivity contribution in [3.8, 4) is 5.75 Å². The summed E-state index contributed by atoms with van der Waals surface area (Å²) in [5.41, 5.74) is 3.83. The number of nitrogens with zero attached hydrogens (tertiary/aromatic N) is 4. The van der Waals surface area contributed by atoms with Crippen LogP contribution in [0.1, 0.15) is 24.1 Å². The number of piperazine rings is 1. The van der Waals surface area contributed by atoms with Gasteiger partial charge in [-0.3, -0.25) is 4.79 Å². The highest BCUT2D eigenvalue weighted by Gasteiger charge is 2.17. The third-order valence-corrected chi connectivity index (χ3v) is 6.73. The molecule has 2 aromatic carbocycles. The first-order valence-corrected chi connectivity index (χ1v) is 12.7. The molecule has 1 unspecified atom stereocenters.